The maximum atomic E-state index is 15.1. The van der Waals surface area contributed by atoms with Crippen molar-refractivity contribution in [1.29, 1.82) is 0 Å². The molecule has 0 bridgehead atoms. The van der Waals surface area contributed by atoms with Crippen molar-refractivity contribution in [2.45, 2.75) is 71.3 Å². The second-order valence-electron chi connectivity index (χ2n) is 8.96. The van der Waals surface area contributed by atoms with Gasteiger partial charge in [0.1, 0.15) is 17.3 Å². The Morgan fingerprint density at radius 1 is 1.29 bits per heavy atom. The molecule has 2 atom stereocenters. The first kappa shape index (κ1) is 26.8. The highest BCUT2D eigenvalue weighted by molar-refractivity contribution is 5.90. The van der Waals surface area contributed by atoms with Crippen LogP contribution in [0.2, 0.25) is 0 Å². The van der Waals surface area contributed by atoms with Gasteiger partial charge in [-0.1, -0.05) is 20.8 Å². The summed E-state index contributed by atoms with van der Waals surface area (Å²) < 4.78 is 56.6. The van der Waals surface area contributed by atoms with Crippen LogP contribution in [0.1, 0.15) is 64.5 Å². The molecule has 4 rings (SSSR count). The minimum absolute atomic E-state index is 0.0751. The summed E-state index contributed by atoms with van der Waals surface area (Å²) >= 11 is 0. The van der Waals surface area contributed by atoms with Crippen molar-refractivity contribution in [3.05, 3.63) is 35.5 Å². The summed E-state index contributed by atoms with van der Waals surface area (Å²) in [7, 11) is 0. The predicted octanol–water partition coefficient (Wildman–Crippen LogP) is 5.55. The van der Waals surface area contributed by atoms with Gasteiger partial charge in [-0.3, -0.25) is 4.79 Å². The van der Waals surface area contributed by atoms with Gasteiger partial charge in [0.05, 0.1) is 11.3 Å². The summed E-state index contributed by atoms with van der Waals surface area (Å²) in [5.41, 5.74) is -1.54. The zero-order valence-electron chi connectivity index (χ0n) is 20.8. The number of aromatic nitrogens is 2. The minimum atomic E-state index is -4.58. The monoisotopic (exact) mass is 495 g/mol. The van der Waals surface area contributed by atoms with Crippen LogP contribution in [0.3, 0.4) is 0 Å². The second kappa shape index (κ2) is 10.5. The number of pyridine rings is 2. The van der Waals surface area contributed by atoms with E-state index in [0.717, 1.165) is 12.1 Å². The highest BCUT2D eigenvalue weighted by Gasteiger charge is 2.50. The Morgan fingerprint density at radius 3 is 2.54 bits per heavy atom. The molecule has 1 aliphatic carbocycles. The molecule has 1 saturated heterocycles. The number of carbonyl (C=O) groups excluding carboxylic acids is 1. The van der Waals surface area contributed by atoms with E-state index < -0.39 is 29.2 Å². The first-order valence-electron chi connectivity index (χ1n) is 12.0. The Morgan fingerprint density at radius 2 is 1.97 bits per heavy atom. The molecule has 35 heavy (non-hydrogen) atoms. The Labute approximate surface area is 203 Å². The number of nitrogens with zero attached hydrogens (tertiary/aromatic N) is 3. The molecule has 2 aromatic rings. The molecule has 0 spiro atoms. The molecule has 2 aromatic heterocycles. The van der Waals surface area contributed by atoms with Crippen LogP contribution in [-0.4, -0.2) is 47.2 Å². The number of nitrogens with one attached hydrogen (secondary N) is 2. The molecule has 0 radical (unpaired) electrons. The maximum Gasteiger partial charge on any atom is 0.416 e. The summed E-state index contributed by atoms with van der Waals surface area (Å²) in [5, 5.41) is 5.87. The molecule has 2 unspecified atom stereocenters. The molecule has 10 heteroatoms. The third kappa shape index (κ3) is 6.09. The lowest BCUT2D eigenvalue weighted by atomic mass is 9.89. The van der Waals surface area contributed by atoms with Crippen molar-refractivity contribution in [2.24, 2.45) is 0 Å². The van der Waals surface area contributed by atoms with E-state index in [1.807, 2.05) is 25.7 Å². The van der Waals surface area contributed by atoms with E-state index in [1.165, 1.54) is 19.2 Å². The van der Waals surface area contributed by atoms with Crippen LogP contribution < -0.4 is 15.5 Å². The number of carbonyl (C=O) groups is 1. The molecule has 1 amide bonds. The lowest BCUT2D eigenvalue weighted by Gasteiger charge is -2.33. The van der Waals surface area contributed by atoms with Gasteiger partial charge in [-0.2, -0.15) is 13.2 Å². The first-order valence-corrected chi connectivity index (χ1v) is 12.0. The number of halogens is 4. The Kier molecular flexibility index (Phi) is 8.03. The summed E-state index contributed by atoms with van der Waals surface area (Å²) in [6.45, 7) is 10.6. The fourth-order valence-corrected chi connectivity index (χ4v) is 4.33. The van der Waals surface area contributed by atoms with Crippen molar-refractivity contribution in [1.82, 2.24) is 15.3 Å². The van der Waals surface area contributed by atoms with Crippen molar-refractivity contribution in [3.8, 4) is 11.3 Å². The zero-order valence-corrected chi connectivity index (χ0v) is 20.8. The molecule has 2 fully saturated rings. The lowest BCUT2D eigenvalue weighted by molar-refractivity contribution is -0.137. The van der Waals surface area contributed by atoms with Gasteiger partial charge in [0.15, 0.2) is 0 Å². The van der Waals surface area contributed by atoms with Gasteiger partial charge in [0.25, 0.3) is 0 Å². The number of hydrogen-bond donors (Lipinski definition) is 2. The van der Waals surface area contributed by atoms with Crippen molar-refractivity contribution in [3.63, 3.8) is 0 Å². The van der Waals surface area contributed by atoms with E-state index in [9.17, 15) is 18.0 Å². The van der Waals surface area contributed by atoms with Gasteiger partial charge in [-0.15, -0.1) is 0 Å². The van der Waals surface area contributed by atoms with E-state index in [0.29, 0.717) is 43.6 Å². The number of rotatable bonds is 5. The molecule has 2 aliphatic rings. The first-order chi connectivity index (χ1) is 16.5. The number of amides is 1. The largest absolute Gasteiger partial charge is 0.416 e. The third-order valence-electron chi connectivity index (χ3n) is 6.33. The number of alkyl halides is 4. The van der Waals surface area contributed by atoms with E-state index in [2.05, 4.69) is 20.6 Å². The summed E-state index contributed by atoms with van der Waals surface area (Å²) in [6.07, 6.45) is -2.49. The Hall–Kier alpha value is -2.75. The van der Waals surface area contributed by atoms with Gasteiger partial charge >= 0.3 is 6.18 Å². The Balaban J connectivity index is 0.00000167. The zero-order chi connectivity index (χ0) is 26.0. The van der Waals surface area contributed by atoms with Crippen molar-refractivity contribution < 1.29 is 22.4 Å². The molecule has 6 nitrogen and oxygen atoms in total. The number of piperazine rings is 1. The molecule has 1 aliphatic heterocycles. The van der Waals surface area contributed by atoms with E-state index in [-0.39, 0.29) is 23.4 Å². The van der Waals surface area contributed by atoms with E-state index in [1.54, 1.807) is 6.92 Å². The normalized spacial score (nSPS) is 19.9. The standard InChI is InChI=1S/C23H27F4N5O.C2H6/c1-13-12-32(9-8-28-13)19-11-16(23(25,26)27)10-18(31-19)17-4-7-29-21(30-15(3)33)20(17)14(2)22(24)5-6-22;1-2/h4,7,10-11,13-14,28H,5-6,8-9,12H2,1-3H3,(H,29,30,33);1-2H3. The number of anilines is 2. The van der Waals surface area contributed by atoms with Crippen LogP contribution >= 0.6 is 0 Å². The van der Waals surface area contributed by atoms with E-state index in [4.69, 9.17) is 0 Å². The van der Waals surface area contributed by atoms with Gasteiger partial charge in [0, 0.05) is 55.8 Å². The minimum Gasteiger partial charge on any atom is -0.354 e. The molecule has 192 valence electrons. The van der Waals surface area contributed by atoms with Gasteiger partial charge in [-0.05, 0) is 38.0 Å². The van der Waals surface area contributed by atoms with Crippen LogP contribution in [0, 0.1) is 0 Å². The van der Waals surface area contributed by atoms with Crippen molar-refractivity contribution >= 4 is 17.5 Å². The molecular formula is C25H33F4N5O. The SMILES string of the molecule is CC.CC(=O)Nc1nccc(-c2cc(C(F)(F)F)cc(N3CCNC(C)C3)n2)c1C(C)C1(F)CC1. The van der Waals surface area contributed by atoms with Crippen LogP contribution in [0.4, 0.5) is 29.2 Å². The van der Waals surface area contributed by atoms with Gasteiger partial charge in [0.2, 0.25) is 5.91 Å². The van der Waals surface area contributed by atoms with Gasteiger partial charge < -0.3 is 15.5 Å². The molecule has 3 heterocycles. The van der Waals surface area contributed by atoms with Crippen molar-refractivity contribution in [2.75, 3.05) is 29.9 Å². The molecule has 0 aromatic carbocycles. The van der Waals surface area contributed by atoms with Crippen LogP contribution in [0.15, 0.2) is 24.4 Å². The molecular weight excluding hydrogens is 462 g/mol. The predicted molar refractivity (Wildman–Crippen MR) is 129 cm³/mol. The topological polar surface area (TPSA) is 70.2 Å². The average Bonchev–Trinajstić information content (AvgIpc) is 3.57. The third-order valence-corrected chi connectivity index (χ3v) is 6.33. The van der Waals surface area contributed by atoms with E-state index >= 15 is 4.39 Å². The highest BCUT2D eigenvalue weighted by atomic mass is 19.4. The quantitative estimate of drug-likeness (QED) is 0.533. The fourth-order valence-electron chi connectivity index (χ4n) is 4.33. The van der Waals surface area contributed by atoms with Crippen LogP contribution in [-0.2, 0) is 11.0 Å². The van der Waals surface area contributed by atoms with Crippen LogP contribution in [0.5, 0.6) is 0 Å². The summed E-state index contributed by atoms with van der Waals surface area (Å²) in [4.78, 5) is 22.3. The molecule has 1 saturated carbocycles. The summed E-state index contributed by atoms with van der Waals surface area (Å²) in [6, 6.07) is 3.67. The fraction of sp³-hybridized carbons (Fsp3) is 0.560. The van der Waals surface area contributed by atoms with Gasteiger partial charge in [-0.25, -0.2) is 14.4 Å². The highest BCUT2D eigenvalue weighted by Crippen LogP contribution is 2.53. The maximum absolute atomic E-state index is 15.1. The smallest absolute Gasteiger partial charge is 0.354 e. The lowest BCUT2D eigenvalue weighted by Crippen LogP contribution is -2.49. The van der Waals surface area contributed by atoms with Crippen LogP contribution in [0.25, 0.3) is 11.3 Å². The molecule has 2 N–H and O–H groups in total. The Bertz CT molecular complexity index is 1050. The number of hydrogen-bond acceptors (Lipinski definition) is 5. The summed E-state index contributed by atoms with van der Waals surface area (Å²) in [5.74, 6) is -0.717. The average molecular weight is 496 g/mol. The second-order valence-corrected chi connectivity index (χ2v) is 8.96.